The average Bonchev–Trinajstić information content (AvgIpc) is 2.01. The fourth-order valence-electron chi connectivity index (χ4n) is 0.750. The van der Waals surface area contributed by atoms with Crippen LogP contribution in [0.25, 0.3) is 0 Å². The summed E-state index contributed by atoms with van der Waals surface area (Å²) in [6.45, 7) is 3.89. The molecule has 0 heterocycles. The average molecular weight is 176 g/mol. The van der Waals surface area contributed by atoms with Crippen LogP contribution in [-0.2, 0) is 14.3 Å². The minimum atomic E-state index is -0.625. The van der Waals surface area contributed by atoms with E-state index < -0.39 is 6.10 Å². The fourth-order valence-corrected chi connectivity index (χ4v) is 0.750. The number of carbonyl (C=O) groups is 1. The summed E-state index contributed by atoms with van der Waals surface area (Å²) in [5.41, 5.74) is 2.01. The number of amides is 1. The van der Waals surface area contributed by atoms with E-state index >= 15 is 0 Å². The van der Waals surface area contributed by atoms with Crippen molar-refractivity contribution in [2.45, 2.75) is 26.1 Å². The first-order valence-corrected chi connectivity index (χ1v) is 3.76. The van der Waals surface area contributed by atoms with Gasteiger partial charge in [0.2, 0.25) is 0 Å². The summed E-state index contributed by atoms with van der Waals surface area (Å²) < 4.78 is 10.0. The number of carbonyl (C=O) groups excluding carboxylic acids is 1. The summed E-state index contributed by atoms with van der Waals surface area (Å²) in [6, 6.07) is 0. The molecule has 1 unspecified atom stereocenters. The Morgan fingerprint density at radius 2 is 2.17 bits per heavy atom. The van der Waals surface area contributed by atoms with E-state index in [0.717, 1.165) is 0 Å². The quantitative estimate of drug-likeness (QED) is 0.334. The Balaban J connectivity index is 3.94. The lowest BCUT2D eigenvalue weighted by atomic mass is 10.3. The van der Waals surface area contributed by atoms with E-state index in [1.807, 2.05) is 19.3 Å². The molecule has 0 aliphatic rings. The van der Waals surface area contributed by atoms with Crippen molar-refractivity contribution in [2.24, 2.45) is 5.84 Å². The number of ether oxygens (including phenoxy) is 2. The zero-order chi connectivity index (χ0) is 9.56. The van der Waals surface area contributed by atoms with Crippen LogP contribution < -0.4 is 11.3 Å². The van der Waals surface area contributed by atoms with Crippen molar-refractivity contribution in [2.75, 3.05) is 13.7 Å². The van der Waals surface area contributed by atoms with E-state index in [1.165, 1.54) is 7.11 Å². The van der Waals surface area contributed by atoms with Gasteiger partial charge in [0.05, 0.1) is 12.7 Å². The second-order valence-electron chi connectivity index (χ2n) is 2.64. The van der Waals surface area contributed by atoms with Crippen molar-refractivity contribution in [1.29, 1.82) is 0 Å². The van der Waals surface area contributed by atoms with Crippen molar-refractivity contribution in [3.63, 3.8) is 0 Å². The molecule has 0 saturated carbocycles. The maximum Gasteiger partial charge on any atom is 0.265 e. The lowest BCUT2D eigenvalue weighted by molar-refractivity contribution is -0.139. The number of hydrazine groups is 1. The number of hydrogen-bond acceptors (Lipinski definition) is 4. The molecule has 5 nitrogen and oxygen atoms in total. The van der Waals surface area contributed by atoms with Crippen LogP contribution in [-0.4, -0.2) is 31.8 Å². The Labute approximate surface area is 72.2 Å². The van der Waals surface area contributed by atoms with Gasteiger partial charge in [0, 0.05) is 7.11 Å². The first-order valence-electron chi connectivity index (χ1n) is 3.76. The van der Waals surface area contributed by atoms with Gasteiger partial charge in [-0.2, -0.15) is 0 Å². The molecule has 0 rings (SSSR count). The molecule has 0 aliphatic heterocycles. The summed E-state index contributed by atoms with van der Waals surface area (Å²) >= 11 is 0. The molecule has 0 bridgehead atoms. The molecule has 0 fully saturated rings. The van der Waals surface area contributed by atoms with Crippen LogP contribution in [0.5, 0.6) is 0 Å². The topological polar surface area (TPSA) is 73.6 Å². The summed E-state index contributed by atoms with van der Waals surface area (Å²) in [5.74, 6) is 4.57. The molecular formula is C7H16N2O3. The van der Waals surface area contributed by atoms with Crippen LogP contribution >= 0.6 is 0 Å². The van der Waals surface area contributed by atoms with Gasteiger partial charge in [-0.15, -0.1) is 0 Å². The van der Waals surface area contributed by atoms with Crippen molar-refractivity contribution in [3.05, 3.63) is 0 Å². The maximum atomic E-state index is 11.0. The molecule has 0 aromatic carbocycles. The molecule has 12 heavy (non-hydrogen) atoms. The summed E-state index contributed by atoms with van der Waals surface area (Å²) in [4.78, 5) is 11.0. The molecule has 0 spiro atoms. The highest BCUT2D eigenvalue weighted by Gasteiger charge is 2.18. The van der Waals surface area contributed by atoms with E-state index in [-0.39, 0.29) is 18.6 Å². The Kier molecular flexibility index (Phi) is 5.61. The van der Waals surface area contributed by atoms with Gasteiger partial charge in [-0.3, -0.25) is 10.2 Å². The van der Waals surface area contributed by atoms with Gasteiger partial charge < -0.3 is 9.47 Å². The van der Waals surface area contributed by atoms with Crippen LogP contribution in [0.2, 0.25) is 0 Å². The van der Waals surface area contributed by atoms with Crippen LogP contribution in [0.15, 0.2) is 0 Å². The Morgan fingerprint density at radius 3 is 2.50 bits per heavy atom. The number of methoxy groups -OCH3 is 1. The van der Waals surface area contributed by atoms with E-state index in [4.69, 9.17) is 15.3 Å². The molecule has 0 radical (unpaired) electrons. The lowest BCUT2D eigenvalue weighted by Gasteiger charge is -2.17. The second-order valence-corrected chi connectivity index (χ2v) is 2.64. The molecule has 5 heteroatoms. The number of hydrogen-bond donors (Lipinski definition) is 2. The predicted octanol–water partition coefficient (Wildman–Crippen LogP) is -0.584. The van der Waals surface area contributed by atoms with E-state index in [2.05, 4.69) is 0 Å². The summed E-state index contributed by atoms with van der Waals surface area (Å²) in [5, 5.41) is 0. The number of nitrogens with two attached hydrogens (primary N) is 1. The highest BCUT2D eigenvalue weighted by Crippen LogP contribution is 1.98. The molecule has 0 saturated heterocycles. The zero-order valence-corrected chi connectivity index (χ0v) is 7.66. The third kappa shape index (κ3) is 4.27. The largest absolute Gasteiger partial charge is 0.381 e. The predicted molar refractivity (Wildman–Crippen MR) is 44.2 cm³/mol. The fraction of sp³-hybridized carbons (Fsp3) is 0.857. The molecule has 0 aromatic rings. The van der Waals surface area contributed by atoms with Crippen molar-refractivity contribution in [1.82, 2.24) is 5.43 Å². The lowest BCUT2D eigenvalue weighted by Crippen LogP contribution is -2.43. The molecule has 72 valence electrons. The first-order chi connectivity index (χ1) is 5.61. The monoisotopic (exact) mass is 176 g/mol. The van der Waals surface area contributed by atoms with Gasteiger partial charge in [0.15, 0.2) is 6.10 Å². The minimum absolute atomic E-state index is 0.0255. The van der Waals surface area contributed by atoms with Gasteiger partial charge in [-0.05, 0) is 13.8 Å². The smallest absolute Gasteiger partial charge is 0.265 e. The van der Waals surface area contributed by atoms with Crippen molar-refractivity contribution >= 4 is 5.91 Å². The standard InChI is InChI=1S/C7H16N2O3/c1-5(2)12-6(4-11-3)7(10)9-8/h5-6H,4,8H2,1-3H3,(H,9,10). The normalized spacial score (nSPS) is 13.1. The van der Waals surface area contributed by atoms with Gasteiger partial charge in [-0.1, -0.05) is 0 Å². The maximum absolute atomic E-state index is 11.0. The minimum Gasteiger partial charge on any atom is -0.381 e. The third-order valence-corrected chi connectivity index (χ3v) is 1.19. The number of nitrogens with one attached hydrogen (secondary N) is 1. The molecule has 0 aliphatic carbocycles. The SMILES string of the molecule is COCC(OC(C)C)C(=O)NN. The molecule has 0 aromatic heterocycles. The van der Waals surface area contributed by atoms with Gasteiger partial charge >= 0.3 is 0 Å². The van der Waals surface area contributed by atoms with Crippen molar-refractivity contribution in [3.8, 4) is 0 Å². The van der Waals surface area contributed by atoms with Crippen LogP contribution in [0, 0.1) is 0 Å². The third-order valence-electron chi connectivity index (χ3n) is 1.19. The van der Waals surface area contributed by atoms with E-state index in [9.17, 15) is 4.79 Å². The van der Waals surface area contributed by atoms with E-state index in [1.54, 1.807) is 0 Å². The molecule has 3 N–H and O–H groups in total. The van der Waals surface area contributed by atoms with Gasteiger partial charge in [0.1, 0.15) is 0 Å². The Morgan fingerprint density at radius 1 is 1.58 bits per heavy atom. The summed E-state index contributed by atoms with van der Waals surface area (Å²) in [7, 11) is 1.50. The van der Waals surface area contributed by atoms with Crippen LogP contribution in [0.1, 0.15) is 13.8 Å². The van der Waals surface area contributed by atoms with Crippen LogP contribution in [0.4, 0.5) is 0 Å². The highest BCUT2D eigenvalue weighted by molar-refractivity contribution is 5.80. The second kappa shape index (κ2) is 5.93. The Bertz CT molecular complexity index is 139. The Hall–Kier alpha value is -0.650. The van der Waals surface area contributed by atoms with Crippen molar-refractivity contribution < 1.29 is 14.3 Å². The summed E-state index contributed by atoms with van der Waals surface area (Å²) in [6.07, 6.45) is -0.651. The molecule has 1 atom stereocenters. The highest BCUT2D eigenvalue weighted by atomic mass is 16.5. The van der Waals surface area contributed by atoms with Crippen LogP contribution in [0.3, 0.4) is 0 Å². The molecule has 1 amide bonds. The van der Waals surface area contributed by atoms with Gasteiger partial charge in [0.25, 0.3) is 5.91 Å². The van der Waals surface area contributed by atoms with E-state index in [0.29, 0.717) is 0 Å². The first kappa shape index (κ1) is 11.4. The zero-order valence-electron chi connectivity index (χ0n) is 7.66. The number of rotatable bonds is 5. The molecular weight excluding hydrogens is 160 g/mol. The van der Waals surface area contributed by atoms with Gasteiger partial charge in [-0.25, -0.2) is 5.84 Å².